The fourth-order valence-corrected chi connectivity index (χ4v) is 1.49. The monoisotopic (exact) mass is 257 g/mol. The van der Waals surface area contributed by atoms with Gasteiger partial charge in [-0.1, -0.05) is 12.6 Å². The molecule has 5 nitrogen and oxygen atoms in total. The average molecular weight is 257 g/mol. The van der Waals surface area contributed by atoms with Gasteiger partial charge in [-0.3, -0.25) is 4.79 Å². The van der Waals surface area contributed by atoms with Gasteiger partial charge in [0.25, 0.3) is 5.24 Å². The van der Waals surface area contributed by atoms with Gasteiger partial charge in [0.1, 0.15) is 0 Å². The molecule has 0 radical (unpaired) electrons. The van der Waals surface area contributed by atoms with Gasteiger partial charge in [-0.05, 0) is 17.7 Å². The number of hydrogen-bond donors (Lipinski definition) is 2. The first-order valence-electron chi connectivity index (χ1n) is 4.88. The minimum absolute atomic E-state index is 0.346. The third kappa shape index (κ3) is 3.45. The second-order valence-corrected chi connectivity index (χ2v) is 3.60. The molecule has 0 aliphatic rings. The van der Waals surface area contributed by atoms with E-state index < -0.39 is 5.24 Å². The minimum atomic E-state index is -0.390. The summed E-state index contributed by atoms with van der Waals surface area (Å²) in [4.78, 5) is 10.7. The molecule has 0 aliphatic carbocycles. The van der Waals surface area contributed by atoms with Gasteiger partial charge < -0.3 is 19.5 Å². The first-order valence-corrected chi connectivity index (χ1v) is 5.32. The van der Waals surface area contributed by atoms with Crippen LogP contribution in [0, 0.1) is 0 Å². The normalized spacial score (nSPS) is 9.65. The Kier molecular flexibility index (Phi) is 4.96. The van der Waals surface area contributed by atoms with Crippen LogP contribution in [0.5, 0.6) is 17.2 Å². The van der Waals surface area contributed by atoms with Crippen molar-refractivity contribution in [2.45, 2.75) is 6.54 Å². The lowest BCUT2D eigenvalue weighted by Gasteiger charge is -2.14. The van der Waals surface area contributed by atoms with E-state index in [2.05, 4.69) is 17.9 Å². The number of carbonyl (C=O) groups is 1. The summed E-state index contributed by atoms with van der Waals surface area (Å²) in [6.45, 7) is 0.346. The first-order chi connectivity index (χ1) is 8.12. The molecule has 0 aromatic heterocycles. The SMILES string of the molecule is COc1cc(CNC(=O)S)cc(OC)c1OC. The smallest absolute Gasteiger partial charge is 0.276 e. The molecule has 17 heavy (non-hydrogen) atoms. The summed E-state index contributed by atoms with van der Waals surface area (Å²) in [5.41, 5.74) is 0.835. The molecule has 0 heterocycles. The Morgan fingerprint density at radius 2 is 1.71 bits per heavy atom. The molecular formula is C11H15NO4S. The second kappa shape index (κ2) is 6.24. The molecule has 0 spiro atoms. The molecule has 1 rings (SSSR count). The van der Waals surface area contributed by atoms with Crippen LogP contribution in [0.1, 0.15) is 5.56 Å². The summed E-state index contributed by atoms with van der Waals surface area (Å²) in [5.74, 6) is 1.63. The maximum atomic E-state index is 10.7. The van der Waals surface area contributed by atoms with Gasteiger partial charge >= 0.3 is 0 Å². The van der Waals surface area contributed by atoms with Crippen LogP contribution in [0.25, 0.3) is 0 Å². The quantitative estimate of drug-likeness (QED) is 0.790. The van der Waals surface area contributed by atoms with Gasteiger partial charge in [0.15, 0.2) is 11.5 Å². The zero-order valence-electron chi connectivity index (χ0n) is 9.94. The highest BCUT2D eigenvalue weighted by molar-refractivity contribution is 7.96. The molecule has 0 aliphatic heterocycles. The van der Waals surface area contributed by atoms with Crippen LogP contribution in [0.3, 0.4) is 0 Å². The van der Waals surface area contributed by atoms with E-state index in [1.54, 1.807) is 12.1 Å². The van der Waals surface area contributed by atoms with Crippen molar-refractivity contribution >= 4 is 17.9 Å². The van der Waals surface area contributed by atoms with Gasteiger partial charge in [-0.2, -0.15) is 0 Å². The summed E-state index contributed by atoms with van der Waals surface area (Å²) >= 11 is 3.63. The largest absolute Gasteiger partial charge is 0.493 e. The molecule has 0 fully saturated rings. The molecule has 0 unspecified atom stereocenters. The molecular weight excluding hydrogens is 242 g/mol. The fraction of sp³-hybridized carbons (Fsp3) is 0.364. The molecule has 0 saturated heterocycles. The molecule has 1 N–H and O–H groups in total. The summed E-state index contributed by atoms with van der Waals surface area (Å²) in [6, 6.07) is 3.54. The van der Waals surface area contributed by atoms with Gasteiger partial charge in [-0.25, -0.2) is 0 Å². The molecule has 1 aromatic carbocycles. The third-order valence-corrected chi connectivity index (χ3v) is 2.33. The van der Waals surface area contributed by atoms with Crippen LogP contribution in [0.2, 0.25) is 0 Å². The van der Waals surface area contributed by atoms with Crippen molar-refractivity contribution in [1.82, 2.24) is 5.32 Å². The topological polar surface area (TPSA) is 56.8 Å². The van der Waals surface area contributed by atoms with Gasteiger partial charge in [0.2, 0.25) is 5.75 Å². The van der Waals surface area contributed by atoms with Crippen molar-refractivity contribution in [3.8, 4) is 17.2 Å². The molecule has 0 bridgehead atoms. The molecule has 1 amide bonds. The van der Waals surface area contributed by atoms with Crippen molar-refractivity contribution < 1.29 is 19.0 Å². The fourth-order valence-electron chi connectivity index (χ4n) is 1.42. The predicted molar refractivity (Wildman–Crippen MR) is 67.3 cm³/mol. The summed E-state index contributed by atoms with van der Waals surface area (Å²) < 4.78 is 15.6. The van der Waals surface area contributed by atoms with E-state index in [1.165, 1.54) is 21.3 Å². The predicted octanol–water partition coefficient (Wildman–Crippen LogP) is 1.85. The summed E-state index contributed by atoms with van der Waals surface area (Å²) in [6.07, 6.45) is 0. The molecule has 0 atom stereocenters. The van der Waals surface area contributed by atoms with E-state index >= 15 is 0 Å². The van der Waals surface area contributed by atoms with E-state index in [4.69, 9.17) is 14.2 Å². The van der Waals surface area contributed by atoms with Gasteiger partial charge in [0, 0.05) is 6.54 Å². The number of hydrogen-bond acceptors (Lipinski definition) is 4. The maximum absolute atomic E-state index is 10.7. The number of amides is 1. The summed E-state index contributed by atoms with van der Waals surface area (Å²) in [5, 5.41) is 2.19. The number of thiol groups is 1. The second-order valence-electron chi connectivity index (χ2n) is 3.19. The number of carbonyl (C=O) groups excluding carboxylic acids is 1. The van der Waals surface area contributed by atoms with Crippen LogP contribution in [-0.4, -0.2) is 26.6 Å². The van der Waals surface area contributed by atoms with Crippen LogP contribution < -0.4 is 19.5 Å². The maximum Gasteiger partial charge on any atom is 0.276 e. The zero-order valence-corrected chi connectivity index (χ0v) is 10.8. The Balaban J connectivity index is 3.04. The Bertz CT molecular complexity index is 383. The standard InChI is InChI=1S/C11H15NO4S/c1-14-8-4-7(6-12-11(13)17)5-9(15-2)10(8)16-3/h4-5H,6H2,1-3H3,(H2,12,13,17). The lowest BCUT2D eigenvalue weighted by molar-refractivity contribution is 0.260. The van der Waals surface area contributed by atoms with Crippen molar-refractivity contribution in [3.05, 3.63) is 17.7 Å². The van der Waals surface area contributed by atoms with Crippen molar-refractivity contribution in [2.24, 2.45) is 0 Å². The van der Waals surface area contributed by atoms with Crippen LogP contribution in [-0.2, 0) is 6.54 Å². The van der Waals surface area contributed by atoms with Gasteiger partial charge in [-0.15, -0.1) is 0 Å². The Morgan fingerprint density at radius 3 is 2.06 bits per heavy atom. The highest BCUT2D eigenvalue weighted by atomic mass is 32.1. The number of rotatable bonds is 5. The number of nitrogens with one attached hydrogen (secondary N) is 1. The Morgan fingerprint density at radius 1 is 1.18 bits per heavy atom. The molecule has 94 valence electrons. The van der Waals surface area contributed by atoms with E-state index in [0.29, 0.717) is 23.8 Å². The minimum Gasteiger partial charge on any atom is -0.493 e. The average Bonchev–Trinajstić information content (AvgIpc) is 2.34. The molecule has 6 heteroatoms. The number of benzene rings is 1. The Hall–Kier alpha value is -1.56. The van der Waals surface area contributed by atoms with Crippen molar-refractivity contribution in [2.75, 3.05) is 21.3 Å². The zero-order chi connectivity index (χ0) is 12.8. The van der Waals surface area contributed by atoms with E-state index in [0.717, 1.165) is 5.56 Å². The summed E-state index contributed by atoms with van der Waals surface area (Å²) in [7, 11) is 4.62. The van der Waals surface area contributed by atoms with Gasteiger partial charge in [0.05, 0.1) is 21.3 Å². The van der Waals surface area contributed by atoms with Crippen LogP contribution >= 0.6 is 12.6 Å². The number of methoxy groups -OCH3 is 3. The van der Waals surface area contributed by atoms with Crippen LogP contribution in [0.15, 0.2) is 12.1 Å². The first kappa shape index (κ1) is 13.5. The number of ether oxygens (including phenoxy) is 3. The molecule has 1 aromatic rings. The van der Waals surface area contributed by atoms with E-state index in [1.807, 2.05) is 0 Å². The van der Waals surface area contributed by atoms with Crippen molar-refractivity contribution in [1.29, 1.82) is 0 Å². The van der Waals surface area contributed by atoms with Crippen molar-refractivity contribution in [3.63, 3.8) is 0 Å². The van der Waals surface area contributed by atoms with E-state index in [9.17, 15) is 4.79 Å². The molecule has 0 saturated carbocycles. The highest BCUT2D eigenvalue weighted by Gasteiger charge is 2.12. The third-order valence-electron chi connectivity index (χ3n) is 2.17. The lowest BCUT2D eigenvalue weighted by atomic mass is 10.2. The Labute approximate surface area is 105 Å². The highest BCUT2D eigenvalue weighted by Crippen LogP contribution is 2.38. The van der Waals surface area contributed by atoms with Crippen LogP contribution in [0.4, 0.5) is 4.79 Å². The van der Waals surface area contributed by atoms with E-state index in [-0.39, 0.29) is 0 Å². The lowest BCUT2D eigenvalue weighted by Crippen LogP contribution is -2.15.